The van der Waals surface area contributed by atoms with Crippen molar-refractivity contribution in [2.75, 3.05) is 0 Å². The van der Waals surface area contributed by atoms with Gasteiger partial charge in [0.05, 0.1) is 0 Å². The van der Waals surface area contributed by atoms with E-state index in [1.165, 1.54) is 128 Å². The maximum atomic E-state index is 2.57. The molecule has 0 bridgehead atoms. The van der Waals surface area contributed by atoms with Crippen molar-refractivity contribution >= 4 is 5.57 Å². The van der Waals surface area contributed by atoms with Crippen LogP contribution in [0.25, 0.3) is 5.57 Å². The lowest BCUT2D eigenvalue weighted by Gasteiger charge is -2.29. The molecule has 180 valence electrons. The van der Waals surface area contributed by atoms with Crippen LogP contribution >= 0.6 is 0 Å². The fourth-order valence-corrected chi connectivity index (χ4v) is 6.24. The van der Waals surface area contributed by atoms with Crippen LogP contribution < -0.4 is 0 Å². The third-order valence-electron chi connectivity index (χ3n) is 8.55. The second-order valence-corrected chi connectivity index (χ2v) is 11.1. The molecule has 32 heavy (non-hydrogen) atoms. The third kappa shape index (κ3) is 8.72. The first-order valence-corrected chi connectivity index (χ1v) is 14.6. The van der Waals surface area contributed by atoms with Crippen molar-refractivity contribution in [2.24, 2.45) is 11.8 Å². The van der Waals surface area contributed by atoms with E-state index in [4.69, 9.17) is 0 Å². The molecule has 1 atom stereocenters. The van der Waals surface area contributed by atoms with Crippen LogP contribution in [0.5, 0.6) is 0 Å². The van der Waals surface area contributed by atoms with Gasteiger partial charge in [-0.25, -0.2) is 0 Å². The van der Waals surface area contributed by atoms with Crippen LogP contribution in [0.15, 0.2) is 30.3 Å². The van der Waals surface area contributed by atoms with Crippen LogP contribution in [-0.4, -0.2) is 0 Å². The van der Waals surface area contributed by atoms with E-state index in [0.29, 0.717) is 0 Å². The summed E-state index contributed by atoms with van der Waals surface area (Å²) in [6.07, 6.45) is 29.6. The summed E-state index contributed by atoms with van der Waals surface area (Å²) < 4.78 is 0. The van der Waals surface area contributed by atoms with Crippen LogP contribution in [-0.2, 0) is 0 Å². The molecule has 1 saturated carbocycles. The molecule has 1 fully saturated rings. The highest BCUT2D eigenvalue weighted by Crippen LogP contribution is 2.39. The molecular weight excluding hydrogens is 384 g/mol. The topological polar surface area (TPSA) is 0 Å². The van der Waals surface area contributed by atoms with Crippen LogP contribution in [0.2, 0.25) is 0 Å². The minimum absolute atomic E-state index is 0.817. The second-order valence-electron chi connectivity index (χ2n) is 11.1. The first kappa shape index (κ1) is 25.6. The van der Waals surface area contributed by atoms with E-state index >= 15 is 0 Å². The molecule has 0 aromatic heterocycles. The largest absolute Gasteiger partial charge is 0.0804 e. The molecule has 0 saturated heterocycles. The molecule has 1 aromatic carbocycles. The lowest BCUT2D eigenvalue weighted by molar-refractivity contribution is 0.302. The number of benzene rings is 1. The first-order chi connectivity index (χ1) is 15.8. The summed E-state index contributed by atoms with van der Waals surface area (Å²) in [6, 6.07) is 9.80. The minimum atomic E-state index is 0.817. The number of rotatable bonds is 14. The molecule has 1 unspecified atom stereocenters. The Labute approximate surface area is 200 Å². The highest BCUT2D eigenvalue weighted by molar-refractivity contribution is 5.66. The first-order valence-electron chi connectivity index (χ1n) is 14.6. The Hall–Kier alpha value is -1.04. The van der Waals surface area contributed by atoms with Gasteiger partial charge in [0.25, 0.3) is 0 Å². The predicted octanol–water partition coefficient (Wildman–Crippen LogP) is 10.9. The van der Waals surface area contributed by atoms with Crippen LogP contribution in [0.3, 0.4) is 0 Å². The van der Waals surface area contributed by atoms with Gasteiger partial charge in [0.2, 0.25) is 0 Å². The quantitative estimate of drug-likeness (QED) is 0.254. The Morgan fingerprint density at radius 2 is 1.22 bits per heavy atom. The van der Waals surface area contributed by atoms with Crippen LogP contribution in [0.4, 0.5) is 0 Å². The zero-order chi connectivity index (χ0) is 22.4. The lowest BCUT2D eigenvalue weighted by Crippen LogP contribution is -2.13. The second kappa shape index (κ2) is 15.0. The predicted molar refractivity (Wildman–Crippen MR) is 143 cm³/mol. The van der Waals surface area contributed by atoms with E-state index in [1.807, 2.05) is 0 Å². The fraction of sp³-hybridized carbons (Fsp3) is 0.750. The van der Waals surface area contributed by atoms with Crippen molar-refractivity contribution in [3.8, 4) is 0 Å². The molecular formula is C32H52. The van der Waals surface area contributed by atoms with Gasteiger partial charge in [0.15, 0.2) is 0 Å². The zero-order valence-electron chi connectivity index (χ0n) is 21.6. The molecule has 0 heterocycles. The van der Waals surface area contributed by atoms with Gasteiger partial charge in [-0.1, -0.05) is 121 Å². The molecule has 0 spiro atoms. The summed E-state index contributed by atoms with van der Waals surface area (Å²) in [5, 5.41) is 0. The summed E-state index contributed by atoms with van der Waals surface area (Å²) >= 11 is 0. The van der Waals surface area contributed by atoms with Gasteiger partial charge in [-0.15, -0.1) is 0 Å². The van der Waals surface area contributed by atoms with Crippen molar-refractivity contribution in [3.05, 3.63) is 41.5 Å². The highest BCUT2D eigenvalue weighted by Gasteiger charge is 2.22. The van der Waals surface area contributed by atoms with Crippen molar-refractivity contribution in [1.82, 2.24) is 0 Å². The maximum absolute atomic E-state index is 2.57. The van der Waals surface area contributed by atoms with Crippen molar-refractivity contribution in [3.63, 3.8) is 0 Å². The SMILES string of the molecule is CCCCCCCC[C@H]1CC[C@H](c2ccc(C3=CCC(CCCCCC)CC3)cc2)CC1. The van der Waals surface area contributed by atoms with Crippen molar-refractivity contribution in [2.45, 2.75) is 142 Å². The van der Waals surface area contributed by atoms with E-state index in [1.54, 1.807) is 11.1 Å². The summed E-state index contributed by atoms with van der Waals surface area (Å²) in [5.41, 5.74) is 4.72. The molecule has 2 aliphatic carbocycles. The van der Waals surface area contributed by atoms with E-state index < -0.39 is 0 Å². The van der Waals surface area contributed by atoms with E-state index in [2.05, 4.69) is 44.2 Å². The monoisotopic (exact) mass is 436 g/mol. The smallest absolute Gasteiger partial charge is 0.0162 e. The third-order valence-corrected chi connectivity index (χ3v) is 8.55. The summed E-state index contributed by atoms with van der Waals surface area (Å²) in [4.78, 5) is 0. The van der Waals surface area contributed by atoms with Gasteiger partial charge in [-0.2, -0.15) is 0 Å². The van der Waals surface area contributed by atoms with Gasteiger partial charge in [-0.3, -0.25) is 0 Å². The molecule has 0 amide bonds. The molecule has 0 radical (unpaired) electrons. The van der Waals surface area contributed by atoms with Crippen molar-refractivity contribution in [1.29, 1.82) is 0 Å². The van der Waals surface area contributed by atoms with Gasteiger partial charge in [-0.05, 0) is 79.4 Å². The number of unbranched alkanes of at least 4 members (excludes halogenated alkanes) is 8. The summed E-state index contributed by atoms with van der Waals surface area (Å²) in [5.74, 6) is 2.78. The highest BCUT2D eigenvalue weighted by atomic mass is 14.3. The minimum Gasteiger partial charge on any atom is -0.0804 e. The van der Waals surface area contributed by atoms with Crippen LogP contribution in [0.1, 0.15) is 153 Å². The van der Waals surface area contributed by atoms with E-state index in [0.717, 1.165) is 17.8 Å². The van der Waals surface area contributed by atoms with Gasteiger partial charge < -0.3 is 0 Å². The standard InChI is InChI=1S/C32H52/c1-3-5-7-9-10-12-14-28-17-21-30(22-18-28)32-25-23-31(24-26-32)29-19-15-27(16-20-29)13-11-8-6-4-2/h19,23-28,30H,3-18,20-22H2,1-2H3/t27?,28-,30-. The van der Waals surface area contributed by atoms with Crippen molar-refractivity contribution < 1.29 is 0 Å². The Morgan fingerprint density at radius 1 is 0.625 bits per heavy atom. The van der Waals surface area contributed by atoms with Gasteiger partial charge in [0.1, 0.15) is 0 Å². The van der Waals surface area contributed by atoms with E-state index in [9.17, 15) is 0 Å². The number of hydrogen-bond donors (Lipinski definition) is 0. The Kier molecular flexibility index (Phi) is 12.0. The maximum Gasteiger partial charge on any atom is -0.0162 e. The molecule has 3 rings (SSSR count). The Morgan fingerprint density at radius 3 is 1.84 bits per heavy atom. The average molecular weight is 437 g/mol. The summed E-state index contributed by atoms with van der Waals surface area (Å²) in [6.45, 7) is 4.62. The molecule has 2 aliphatic rings. The zero-order valence-corrected chi connectivity index (χ0v) is 21.6. The van der Waals surface area contributed by atoms with Gasteiger partial charge in [0, 0.05) is 0 Å². The number of allylic oxidation sites excluding steroid dienone is 2. The molecule has 0 N–H and O–H groups in total. The Balaban J connectivity index is 1.36. The molecule has 0 nitrogen and oxygen atoms in total. The average Bonchev–Trinajstić information content (AvgIpc) is 2.85. The molecule has 1 aromatic rings. The molecule has 0 aliphatic heterocycles. The Bertz CT molecular complexity index is 629. The lowest BCUT2D eigenvalue weighted by atomic mass is 9.76. The van der Waals surface area contributed by atoms with Crippen LogP contribution in [0, 0.1) is 11.8 Å². The number of hydrogen-bond acceptors (Lipinski definition) is 0. The summed E-state index contributed by atoms with van der Waals surface area (Å²) in [7, 11) is 0. The van der Waals surface area contributed by atoms with E-state index in [-0.39, 0.29) is 0 Å². The van der Waals surface area contributed by atoms with Gasteiger partial charge >= 0.3 is 0 Å². The fourth-order valence-electron chi connectivity index (χ4n) is 6.24. The normalized spacial score (nSPS) is 23.8. The molecule has 0 heteroatoms.